The fourth-order valence-electron chi connectivity index (χ4n) is 1.14. The minimum Gasteiger partial charge on any atom is -0.496 e. The number of rotatable bonds is 2. The number of halogens is 2. The lowest BCUT2D eigenvalue weighted by Crippen LogP contribution is -1.99. The second kappa shape index (κ2) is 4.04. The standard InChI is InChI=1S/C9H8FIO2/c1-5-3-7(10)8(11)6(4-12)9(5)13-2/h3-4H,1-2H3. The van der Waals surface area contributed by atoms with Crippen LogP contribution in [0, 0.1) is 16.3 Å². The number of ether oxygens (including phenoxy) is 1. The largest absolute Gasteiger partial charge is 0.496 e. The van der Waals surface area contributed by atoms with E-state index in [9.17, 15) is 9.18 Å². The number of aryl methyl sites for hydroxylation is 1. The van der Waals surface area contributed by atoms with E-state index in [1.54, 1.807) is 29.5 Å². The molecule has 0 aliphatic heterocycles. The van der Waals surface area contributed by atoms with E-state index >= 15 is 0 Å². The number of aldehydes is 1. The number of carbonyl (C=O) groups is 1. The van der Waals surface area contributed by atoms with Crippen molar-refractivity contribution in [3.63, 3.8) is 0 Å². The zero-order chi connectivity index (χ0) is 10.0. The monoisotopic (exact) mass is 294 g/mol. The zero-order valence-electron chi connectivity index (χ0n) is 7.23. The van der Waals surface area contributed by atoms with Crippen LogP contribution in [-0.4, -0.2) is 13.4 Å². The molecule has 0 aliphatic carbocycles. The van der Waals surface area contributed by atoms with Crippen molar-refractivity contribution in [3.8, 4) is 5.75 Å². The topological polar surface area (TPSA) is 26.3 Å². The summed E-state index contributed by atoms with van der Waals surface area (Å²) in [6.45, 7) is 1.70. The Kier molecular flexibility index (Phi) is 3.24. The van der Waals surface area contributed by atoms with Crippen molar-refractivity contribution in [3.05, 3.63) is 26.6 Å². The summed E-state index contributed by atoms with van der Waals surface area (Å²) in [6, 6.07) is 1.35. The van der Waals surface area contributed by atoms with Crippen molar-refractivity contribution in [1.82, 2.24) is 0 Å². The van der Waals surface area contributed by atoms with Gasteiger partial charge in [0.2, 0.25) is 0 Å². The fraction of sp³-hybridized carbons (Fsp3) is 0.222. The average Bonchev–Trinajstić information content (AvgIpc) is 2.10. The van der Waals surface area contributed by atoms with E-state index < -0.39 is 0 Å². The molecule has 0 unspecified atom stereocenters. The highest BCUT2D eigenvalue weighted by atomic mass is 127. The van der Waals surface area contributed by atoms with E-state index in [2.05, 4.69) is 0 Å². The van der Waals surface area contributed by atoms with Gasteiger partial charge in [-0.2, -0.15) is 0 Å². The van der Waals surface area contributed by atoms with Gasteiger partial charge in [0.15, 0.2) is 6.29 Å². The van der Waals surface area contributed by atoms with Crippen LogP contribution in [0.5, 0.6) is 5.75 Å². The molecular formula is C9H8FIO2. The molecule has 13 heavy (non-hydrogen) atoms. The number of methoxy groups -OCH3 is 1. The molecule has 4 heteroatoms. The SMILES string of the molecule is COc1c(C)cc(F)c(I)c1C=O. The van der Waals surface area contributed by atoms with E-state index in [-0.39, 0.29) is 11.4 Å². The molecule has 0 aromatic heterocycles. The third kappa shape index (κ3) is 1.82. The quantitative estimate of drug-likeness (QED) is 0.619. The Labute approximate surface area is 89.2 Å². The van der Waals surface area contributed by atoms with E-state index in [1.807, 2.05) is 0 Å². The first-order chi connectivity index (χ1) is 6.11. The zero-order valence-corrected chi connectivity index (χ0v) is 9.38. The molecule has 1 rings (SSSR count). The van der Waals surface area contributed by atoms with Gasteiger partial charge in [-0.1, -0.05) is 0 Å². The molecule has 0 radical (unpaired) electrons. The van der Waals surface area contributed by atoms with E-state index in [0.717, 1.165) is 0 Å². The highest BCUT2D eigenvalue weighted by Crippen LogP contribution is 2.28. The average molecular weight is 294 g/mol. The molecule has 1 aromatic rings. The van der Waals surface area contributed by atoms with Gasteiger partial charge < -0.3 is 4.74 Å². The van der Waals surface area contributed by atoms with Gasteiger partial charge in [-0.15, -0.1) is 0 Å². The highest BCUT2D eigenvalue weighted by Gasteiger charge is 2.14. The van der Waals surface area contributed by atoms with Crippen LogP contribution in [0.25, 0.3) is 0 Å². The smallest absolute Gasteiger partial charge is 0.154 e. The summed E-state index contributed by atoms with van der Waals surface area (Å²) in [7, 11) is 1.46. The molecule has 0 bridgehead atoms. The summed E-state index contributed by atoms with van der Waals surface area (Å²) in [5.41, 5.74) is 0.906. The molecule has 0 heterocycles. The van der Waals surface area contributed by atoms with E-state index in [0.29, 0.717) is 21.2 Å². The second-order valence-corrected chi connectivity index (χ2v) is 3.63. The summed E-state index contributed by atoms with van der Waals surface area (Å²) < 4.78 is 18.4. The molecule has 0 amide bonds. The summed E-state index contributed by atoms with van der Waals surface area (Å²) in [6.07, 6.45) is 0.608. The molecule has 0 aliphatic rings. The Balaban J connectivity index is 3.50. The predicted octanol–water partition coefficient (Wildman–Crippen LogP) is 2.56. The number of hydrogen-bond donors (Lipinski definition) is 0. The van der Waals surface area contributed by atoms with Crippen molar-refractivity contribution in [2.45, 2.75) is 6.92 Å². The number of hydrogen-bond acceptors (Lipinski definition) is 2. The summed E-state index contributed by atoms with van der Waals surface area (Å²) in [5.74, 6) is 0.0572. The lowest BCUT2D eigenvalue weighted by Gasteiger charge is -2.09. The molecule has 0 saturated heterocycles. The maximum atomic E-state index is 13.1. The van der Waals surface area contributed by atoms with Gasteiger partial charge in [-0.05, 0) is 41.1 Å². The molecule has 2 nitrogen and oxygen atoms in total. The fourth-order valence-corrected chi connectivity index (χ4v) is 1.66. The van der Waals surface area contributed by atoms with Crippen molar-refractivity contribution in [1.29, 1.82) is 0 Å². The van der Waals surface area contributed by atoms with Gasteiger partial charge in [0.25, 0.3) is 0 Å². The van der Waals surface area contributed by atoms with Crippen molar-refractivity contribution < 1.29 is 13.9 Å². The number of carbonyl (C=O) groups excluding carboxylic acids is 1. The van der Waals surface area contributed by atoms with Gasteiger partial charge in [0.05, 0.1) is 16.2 Å². The van der Waals surface area contributed by atoms with Crippen LogP contribution in [0.1, 0.15) is 15.9 Å². The van der Waals surface area contributed by atoms with E-state index in [1.165, 1.54) is 13.2 Å². The van der Waals surface area contributed by atoms with Crippen molar-refractivity contribution >= 4 is 28.9 Å². The Hall–Kier alpha value is -0.650. The van der Waals surface area contributed by atoms with E-state index in [4.69, 9.17) is 4.74 Å². The van der Waals surface area contributed by atoms with Crippen molar-refractivity contribution in [2.75, 3.05) is 7.11 Å². The van der Waals surface area contributed by atoms with Crippen LogP contribution >= 0.6 is 22.6 Å². The third-order valence-corrected chi connectivity index (χ3v) is 2.81. The minimum absolute atomic E-state index is 0.278. The molecule has 0 fully saturated rings. The molecule has 0 atom stereocenters. The van der Waals surface area contributed by atoms with Crippen LogP contribution in [-0.2, 0) is 0 Å². The number of benzene rings is 1. The molecule has 1 aromatic carbocycles. The molecule has 0 N–H and O–H groups in total. The second-order valence-electron chi connectivity index (χ2n) is 2.55. The highest BCUT2D eigenvalue weighted by molar-refractivity contribution is 14.1. The lowest BCUT2D eigenvalue weighted by molar-refractivity contribution is 0.111. The Bertz CT molecular complexity index is 350. The lowest BCUT2D eigenvalue weighted by atomic mass is 10.1. The van der Waals surface area contributed by atoms with Crippen LogP contribution < -0.4 is 4.74 Å². The molecular weight excluding hydrogens is 286 g/mol. The van der Waals surface area contributed by atoms with Crippen molar-refractivity contribution in [2.24, 2.45) is 0 Å². The van der Waals surface area contributed by atoms with Crippen LogP contribution in [0.15, 0.2) is 6.07 Å². The summed E-state index contributed by atoms with van der Waals surface area (Å²) in [5, 5.41) is 0. The first-order valence-corrected chi connectivity index (χ1v) is 4.67. The normalized spacial score (nSPS) is 9.85. The predicted molar refractivity (Wildman–Crippen MR) is 55.8 cm³/mol. The van der Waals surface area contributed by atoms with Crippen LogP contribution in [0.2, 0.25) is 0 Å². The van der Waals surface area contributed by atoms with Crippen LogP contribution in [0.4, 0.5) is 4.39 Å². The van der Waals surface area contributed by atoms with Crippen LogP contribution in [0.3, 0.4) is 0 Å². The Morgan fingerprint density at radius 2 is 2.23 bits per heavy atom. The maximum absolute atomic E-state index is 13.1. The van der Waals surface area contributed by atoms with Gasteiger partial charge >= 0.3 is 0 Å². The first kappa shape index (κ1) is 10.4. The van der Waals surface area contributed by atoms with Gasteiger partial charge in [0.1, 0.15) is 11.6 Å². The Morgan fingerprint density at radius 1 is 1.62 bits per heavy atom. The Morgan fingerprint density at radius 3 is 2.69 bits per heavy atom. The molecule has 0 spiro atoms. The first-order valence-electron chi connectivity index (χ1n) is 3.59. The minimum atomic E-state index is -0.388. The summed E-state index contributed by atoms with van der Waals surface area (Å²) in [4.78, 5) is 10.7. The van der Waals surface area contributed by atoms with Gasteiger partial charge in [-0.3, -0.25) is 4.79 Å². The molecule has 70 valence electrons. The maximum Gasteiger partial charge on any atom is 0.154 e. The third-order valence-electron chi connectivity index (χ3n) is 1.71. The van der Waals surface area contributed by atoms with Gasteiger partial charge in [-0.25, -0.2) is 4.39 Å². The molecule has 0 saturated carbocycles. The summed E-state index contributed by atoms with van der Waals surface area (Å²) >= 11 is 1.78. The van der Waals surface area contributed by atoms with Gasteiger partial charge in [0, 0.05) is 0 Å².